The minimum atomic E-state index is -0.293. The van der Waals surface area contributed by atoms with Gasteiger partial charge in [0.15, 0.2) is 0 Å². The van der Waals surface area contributed by atoms with E-state index in [4.69, 9.17) is 18.9 Å². The summed E-state index contributed by atoms with van der Waals surface area (Å²) < 4.78 is 32.0. The van der Waals surface area contributed by atoms with Crippen molar-refractivity contribution in [2.45, 2.75) is 83.5 Å². The van der Waals surface area contributed by atoms with Crippen molar-refractivity contribution in [3.8, 4) is 23.0 Å². The minimum Gasteiger partial charge on any atom is -0.491 e. The lowest BCUT2D eigenvalue weighted by Gasteiger charge is -2.28. The van der Waals surface area contributed by atoms with Crippen LogP contribution in [0.15, 0.2) is 110 Å². The molecule has 4 rings (SSSR count). The third kappa shape index (κ3) is 13.2. The van der Waals surface area contributed by atoms with Crippen molar-refractivity contribution in [1.82, 2.24) is 0 Å². The lowest BCUT2D eigenvalue weighted by molar-refractivity contribution is 0.276. The first-order valence-electron chi connectivity index (χ1n) is 18.7. The minimum absolute atomic E-state index is 0.293. The van der Waals surface area contributed by atoms with Crippen LogP contribution < -0.4 is 18.9 Å². The van der Waals surface area contributed by atoms with Crippen molar-refractivity contribution in [1.29, 1.82) is 0 Å². The van der Waals surface area contributed by atoms with E-state index in [1.54, 1.807) is 0 Å². The highest BCUT2D eigenvalue weighted by atomic mass is 79.9. The Kier molecular flexibility index (Phi) is 19.8. The monoisotopic (exact) mass is 1280 g/mol. The van der Waals surface area contributed by atoms with Gasteiger partial charge in [0.05, 0.1) is 62.2 Å². The fraction of sp³-hybridized carbons (Fsp3) is 0.378. The van der Waals surface area contributed by atoms with Crippen LogP contribution in [0.3, 0.4) is 0 Å². The standard InChI is InChI=1S/C45H48Br8O4/c1-7-9-12-16-54-40-32(46)20-28(21-33(40)47)44(3,4)30-24-36(50)42(37(51)25-30)56-18-14-11-15-19-57-43-38(52)26-31(27-39(43)53)45(5,6)29-22-34(48)41(35(49)23-29)55-17-13-10-8-2/h7-8,20-27H,1-2,9-19H2,3-6H3. The van der Waals surface area contributed by atoms with E-state index < -0.39 is 0 Å². The molecule has 0 heterocycles. The van der Waals surface area contributed by atoms with Gasteiger partial charge in [-0.05, 0) is 243 Å². The fourth-order valence-electron chi connectivity index (χ4n) is 6.10. The lowest BCUT2D eigenvalue weighted by atomic mass is 9.78. The average Bonchev–Trinajstić information content (AvgIpc) is 3.14. The van der Waals surface area contributed by atoms with Crippen molar-refractivity contribution in [2.75, 3.05) is 26.4 Å². The van der Waals surface area contributed by atoms with Crippen LogP contribution in [0.5, 0.6) is 23.0 Å². The zero-order chi connectivity index (χ0) is 41.9. The Hall–Kier alpha value is -0.600. The smallest absolute Gasteiger partial charge is 0.147 e. The van der Waals surface area contributed by atoms with E-state index in [1.165, 1.54) is 0 Å². The number of hydrogen-bond donors (Lipinski definition) is 0. The molecule has 0 aromatic heterocycles. The molecule has 0 radical (unpaired) electrons. The zero-order valence-corrected chi connectivity index (χ0v) is 45.3. The van der Waals surface area contributed by atoms with Gasteiger partial charge >= 0.3 is 0 Å². The topological polar surface area (TPSA) is 36.9 Å². The zero-order valence-electron chi connectivity index (χ0n) is 32.6. The number of hydrogen-bond acceptors (Lipinski definition) is 4. The van der Waals surface area contributed by atoms with Crippen LogP contribution in [-0.4, -0.2) is 26.4 Å². The number of halogens is 8. The van der Waals surface area contributed by atoms with Gasteiger partial charge in [0.2, 0.25) is 0 Å². The predicted octanol–water partition coefficient (Wildman–Crippen LogP) is 17.8. The van der Waals surface area contributed by atoms with Crippen molar-refractivity contribution < 1.29 is 18.9 Å². The van der Waals surface area contributed by atoms with Crippen LogP contribution in [-0.2, 0) is 10.8 Å². The molecule has 57 heavy (non-hydrogen) atoms. The molecule has 0 bridgehead atoms. The molecule has 4 nitrogen and oxygen atoms in total. The first kappa shape index (κ1) is 49.1. The summed E-state index contributed by atoms with van der Waals surface area (Å²) >= 11 is 30.1. The Morgan fingerprint density at radius 1 is 0.386 bits per heavy atom. The van der Waals surface area contributed by atoms with Gasteiger partial charge in [0.25, 0.3) is 0 Å². The van der Waals surface area contributed by atoms with Gasteiger partial charge in [0.1, 0.15) is 23.0 Å². The third-order valence-corrected chi connectivity index (χ3v) is 14.5. The van der Waals surface area contributed by atoms with E-state index in [2.05, 4.69) is 217 Å². The van der Waals surface area contributed by atoms with Gasteiger partial charge in [-0.25, -0.2) is 0 Å². The summed E-state index contributed by atoms with van der Waals surface area (Å²) in [5.74, 6) is 3.23. The average molecular weight is 1290 g/mol. The molecule has 12 heteroatoms. The summed E-state index contributed by atoms with van der Waals surface area (Å²) in [5.41, 5.74) is 4.01. The summed E-state index contributed by atoms with van der Waals surface area (Å²) in [7, 11) is 0. The molecule has 0 aliphatic heterocycles. The molecule has 4 aromatic rings. The van der Waals surface area contributed by atoms with E-state index >= 15 is 0 Å². The van der Waals surface area contributed by atoms with Gasteiger partial charge in [0, 0.05) is 10.8 Å². The molecule has 0 N–H and O–H groups in total. The second-order valence-corrected chi connectivity index (χ2v) is 21.5. The highest BCUT2D eigenvalue weighted by Crippen LogP contribution is 2.46. The Balaban J connectivity index is 1.30. The maximum absolute atomic E-state index is 6.28. The van der Waals surface area contributed by atoms with Gasteiger partial charge in [-0.1, -0.05) is 39.8 Å². The van der Waals surface area contributed by atoms with E-state index in [0.717, 1.165) is 126 Å². The maximum atomic E-state index is 6.28. The maximum Gasteiger partial charge on any atom is 0.147 e. The van der Waals surface area contributed by atoms with Crippen LogP contribution in [0.4, 0.5) is 0 Å². The van der Waals surface area contributed by atoms with Gasteiger partial charge in [-0.2, -0.15) is 0 Å². The van der Waals surface area contributed by atoms with Crippen molar-refractivity contribution >= 4 is 127 Å². The van der Waals surface area contributed by atoms with Gasteiger partial charge in [-0.3, -0.25) is 0 Å². The number of ether oxygens (including phenoxy) is 4. The van der Waals surface area contributed by atoms with Crippen LogP contribution in [0, 0.1) is 0 Å². The largest absolute Gasteiger partial charge is 0.491 e. The Morgan fingerprint density at radius 2 is 0.596 bits per heavy atom. The molecule has 0 fully saturated rings. The van der Waals surface area contributed by atoms with Crippen molar-refractivity contribution in [3.63, 3.8) is 0 Å². The molecule has 0 spiro atoms. The van der Waals surface area contributed by atoms with E-state index in [1.807, 2.05) is 12.2 Å². The summed E-state index contributed by atoms with van der Waals surface area (Å²) in [6.07, 6.45) is 10.3. The molecule has 0 atom stereocenters. The second-order valence-electron chi connectivity index (χ2n) is 14.6. The van der Waals surface area contributed by atoms with Crippen LogP contribution in [0.25, 0.3) is 0 Å². The molecule has 0 saturated carbocycles. The Morgan fingerprint density at radius 3 is 0.807 bits per heavy atom. The van der Waals surface area contributed by atoms with Crippen LogP contribution in [0.2, 0.25) is 0 Å². The summed E-state index contributed by atoms with van der Waals surface area (Å²) in [6.45, 7) is 18.9. The van der Waals surface area contributed by atoms with E-state index in [-0.39, 0.29) is 10.8 Å². The normalized spacial score (nSPS) is 11.7. The Labute approximate surface area is 406 Å². The number of rotatable bonds is 22. The summed E-state index contributed by atoms with van der Waals surface area (Å²) in [6, 6.07) is 17.1. The summed E-state index contributed by atoms with van der Waals surface area (Å²) in [4.78, 5) is 0. The van der Waals surface area contributed by atoms with Gasteiger partial charge < -0.3 is 18.9 Å². The van der Waals surface area contributed by atoms with Crippen LogP contribution >= 0.6 is 127 Å². The van der Waals surface area contributed by atoms with Crippen molar-refractivity contribution in [3.05, 3.63) is 132 Å². The molecule has 308 valence electrons. The molecule has 0 aliphatic carbocycles. The second kappa shape index (κ2) is 23.0. The molecule has 0 saturated heterocycles. The van der Waals surface area contributed by atoms with Crippen molar-refractivity contribution in [2.24, 2.45) is 0 Å². The quantitative estimate of drug-likeness (QED) is 0.0580. The SMILES string of the molecule is C=CCCCOc1c(Br)cc(C(C)(C)c2cc(Br)c(OCCCCCOc3c(Br)cc(C(C)(C)c4cc(Br)c(OCCCC=C)c(Br)c4)cc3Br)c(Br)c2)cc1Br. The third-order valence-electron chi connectivity index (χ3n) is 9.76. The first-order chi connectivity index (χ1) is 27.0. The number of allylic oxidation sites excluding steroid dienone is 2. The molecule has 0 aliphatic rings. The highest BCUT2D eigenvalue weighted by molar-refractivity contribution is 9.12. The molecular weight excluding hydrogens is 1240 g/mol. The molecule has 0 unspecified atom stereocenters. The van der Waals surface area contributed by atoms with E-state index in [9.17, 15) is 0 Å². The number of benzene rings is 4. The predicted molar refractivity (Wildman–Crippen MR) is 266 cm³/mol. The first-order valence-corrected chi connectivity index (χ1v) is 25.1. The molecule has 0 amide bonds. The summed E-state index contributed by atoms with van der Waals surface area (Å²) in [5, 5.41) is 0. The molecule has 4 aromatic carbocycles. The van der Waals surface area contributed by atoms with Gasteiger partial charge in [-0.15, -0.1) is 13.2 Å². The number of unbranched alkanes of at least 4 members (excludes halogenated alkanes) is 4. The highest BCUT2D eigenvalue weighted by Gasteiger charge is 2.29. The fourth-order valence-corrected chi connectivity index (χ4v) is 11.8. The van der Waals surface area contributed by atoms with E-state index in [0.29, 0.717) is 26.4 Å². The van der Waals surface area contributed by atoms with Crippen LogP contribution in [0.1, 0.15) is 94.9 Å². The Bertz CT molecular complexity index is 1790. The lowest BCUT2D eigenvalue weighted by Crippen LogP contribution is -2.19. The molecular formula is C45H48Br8O4.